The molecule has 2 amide bonds. The average Bonchev–Trinajstić information content (AvgIpc) is 2.61. The molecule has 0 radical (unpaired) electrons. The highest BCUT2D eigenvalue weighted by molar-refractivity contribution is 5.94. The molecule has 0 atom stereocenters. The lowest BCUT2D eigenvalue weighted by atomic mass is 10.1. The molecule has 1 saturated heterocycles. The van der Waals surface area contributed by atoms with Gasteiger partial charge in [0.15, 0.2) is 0 Å². The summed E-state index contributed by atoms with van der Waals surface area (Å²) in [6.07, 6.45) is 0. The fourth-order valence-corrected chi connectivity index (χ4v) is 2.81. The zero-order valence-electron chi connectivity index (χ0n) is 13.1. The Morgan fingerprint density at radius 2 is 1.58 bits per heavy atom. The van der Waals surface area contributed by atoms with E-state index in [1.165, 1.54) is 12.1 Å². The van der Waals surface area contributed by atoms with Crippen LogP contribution in [-0.4, -0.2) is 42.9 Å². The Morgan fingerprint density at radius 3 is 2.17 bits per heavy atom. The summed E-state index contributed by atoms with van der Waals surface area (Å²) >= 11 is 0. The molecule has 1 fully saturated rings. The normalized spacial score (nSPS) is 14.5. The van der Waals surface area contributed by atoms with E-state index >= 15 is 0 Å². The minimum Gasteiger partial charge on any atom is -0.368 e. The molecule has 2 aromatic carbocycles. The Kier molecular flexibility index (Phi) is 4.46. The maximum Gasteiger partial charge on any atom is 0.254 e. The third kappa shape index (κ3) is 3.37. The minimum atomic E-state index is -0.452. The highest BCUT2D eigenvalue weighted by Crippen LogP contribution is 2.18. The van der Waals surface area contributed by atoms with Crippen LogP contribution in [0.25, 0.3) is 0 Å². The highest BCUT2D eigenvalue weighted by Gasteiger charge is 2.22. The maximum absolute atomic E-state index is 13.3. The van der Waals surface area contributed by atoms with Gasteiger partial charge in [-0.3, -0.25) is 9.59 Å². The Bertz CT molecular complexity index is 753. The number of benzene rings is 2. The number of anilines is 1. The van der Waals surface area contributed by atoms with Crippen LogP contribution < -0.4 is 10.6 Å². The van der Waals surface area contributed by atoms with Crippen molar-refractivity contribution in [2.45, 2.75) is 0 Å². The molecule has 1 aliphatic rings. The van der Waals surface area contributed by atoms with Crippen molar-refractivity contribution in [1.82, 2.24) is 4.90 Å². The molecular weight excluding hydrogens is 309 g/mol. The second-order valence-corrected chi connectivity index (χ2v) is 5.70. The summed E-state index contributed by atoms with van der Waals surface area (Å²) in [6.45, 7) is 2.48. The summed E-state index contributed by atoms with van der Waals surface area (Å²) in [5.74, 6) is -1.01. The van der Waals surface area contributed by atoms with E-state index in [1.807, 2.05) is 12.1 Å². The van der Waals surface area contributed by atoms with Gasteiger partial charge in [0, 0.05) is 43.0 Å². The predicted octanol–water partition coefficient (Wildman–Crippen LogP) is 1.89. The monoisotopic (exact) mass is 327 g/mol. The molecule has 5 nitrogen and oxygen atoms in total. The summed E-state index contributed by atoms with van der Waals surface area (Å²) < 4.78 is 13.3. The van der Waals surface area contributed by atoms with Crippen molar-refractivity contribution in [2.75, 3.05) is 31.1 Å². The van der Waals surface area contributed by atoms with E-state index in [2.05, 4.69) is 4.90 Å². The first-order chi connectivity index (χ1) is 11.5. The molecule has 2 N–H and O–H groups in total. The lowest BCUT2D eigenvalue weighted by molar-refractivity contribution is 0.0746. The summed E-state index contributed by atoms with van der Waals surface area (Å²) in [7, 11) is 0. The summed E-state index contributed by atoms with van der Waals surface area (Å²) in [5, 5.41) is 0. The van der Waals surface area contributed by atoms with E-state index < -0.39 is 11.7 Å². The lowest BCUT2D eigenvalue weighted by Crippen LogP contribution is -2.48. The molecule has 0 aromatic heterocycles. The topological polar surface area (TPSA) is 66.6 Å². The van der Waals surface area contributed by atoms with Gasteiger partial charge in [-0.2, -0.15) is 0 Å². The van der Waals surface area contributed by atoms with Crippen molar-refractivity contribution in [1.29, 1.82) is 0 Å². The number of rotatable bonds is 3. The molecular formula is C18H18FN3O2. The molecule has 0 aliphatic carbocycles. The number of amides is 2. The van der Waals surface area contributed by atoms with Crippen LogP contribution in [0.5, 0.6) is 0 Å². The van der Waals surface area contributed by atoms with Crippen LogP contribution >= 0.6 is 0 Å². The van der Waals surface area contributed by atoms with Crippen LogP contribution in [0.4, 0.5) is 10.1 Å². The van der Waals surface area contributed by atoms with Crippen LogP contribution in [-0.2, 0) is 0 Å². The Hall–Kier alpha value is -2.89. The maximum atomic E-state index is 13.3. The smallest absolute Gasteiger partial charge is 0.254 e. The SMILES string of the molecule is NC(=O)c1ccc(N2CCN(C(=O)c3cccc(F)c3)CC2)cc1. The number of halogens is 1. The van der Waals surface area contributed by atoms with Crippen molar-refractivity contribution >= 4 is 17.5 Å². The van der Waals surface area contributed by atoms with E-state index in [-0.39, 0.29) is 5.91 Å². The van der Waals surface area contributed by atoms with Crippen LogP contribution in [0, 0.1) is 5.82 Å². The number of carbonyl (C=O) groups excluding carboxylic acids is 2. The zero-order chi connectivity index (χ0) is 17.1. The van der Waals surface area contributed by atoms with Crippen LogP contribution in [0.3, 0.4) is 0 Å². The van der Waals surface area contributed by atoms with E-state index in [1.54, 1.807) is 29.2 Å². The summed E-state index contributed by atoms with van der Waals surface area (Å²) in [6, 6.07) is 12.8. The van der Waals surface area contributed by atoms with E-state index in [9.17, 15) is 14.0 Å². The molecule has 0 spiro atoms. The minimum absolute atomic E-state index is 0.154. The molecule has 0 unspecified atom stereocenters. The highest BCUT2D eigenvalue weighted by atomic mass is 19.1. The van der Waals surface area contributed by atoms with E-state index in [4.69, 9.17) is 5.73 Å². The van der Waals surface area contributed by atoms with Crippen LogP contribution in [0.15, 0.2) is 48.5 Å². The third-order valence-corrected chi connectivity index (χ3v) is 4.16. The average molecular weight is 327 g/mol. The summed E-state index contributed by atoms with van der Waals surface area (Å²) in [4.78, 5) is 27.4. The molecule has 6 heteroatoms. The molecule has 0 bridgehead atoms. The Morgan fingerprint density at radius 1 is 0.917 bits per heavy atom. The molecule has 2 aromatic rings. The number of primary amides is 1. The molecule has 1 heterocycles. The van der Waals surface area contributed by atoms with Gasteiger partial charge in [-0.1, -0.05) is 6.07 Å². The van der Waals surface area contributed by atoms with Gasteiger partial charge < -0.3 is 15.5 Å². The Labute approximate surface area is 139 Å². The largest absolute Gasteiger partial charge is 0.368 e. The van der Waals surface area contributed by atoms with E-state index in [0.717, 1.165) is 5.69 Å². The molecule has 0 saturated carbocycles. The van der Waals surface area contributed by atoms with Crippen molar-refractivity contribution in [3.8, 4) is 0 Å². The number of hydrogen-bond acceptors (Lipinski definition) is 3. The van der Waals surface area contributed by atoms with Crippen LogP contribution in [0.1, 0.15) is 20.7 Å². The van der Waals surface area contributed by atoms with Crippen LogP contribution in [0.2, 0.25) is 0 Å². The van der Waals surface area contributed by atoms with Gasteiger partial charge in [0.1, 0.15) is 5.82 Å². The predicted molar refractivity (Wildman–Crippen MR) is 89.5 cm³/mol. The third-order valence-electron chi connectivity index (χ3n) is 4.16. The van der Waals surface area contributed by atoms with Crippen molar-refractivity contribution in [3.63, 3.8) is 0 Å². The van der Waals surface area contributed by atoms with Gasteiger partial charge in [-0.15, -0.1) is 0 Å². The molecule has 24 heavy (non-hydrogen) atoms. The van der Waals surface area contributed by atoms with Gasteiger partial charge in [0.25, 0.3) is 5.91 Å². The molecule has 1 aliphatic heterocycles. The van der Waals surface area contributed by atoms with E-state index in [0.29, 0.717) is 37.3 Å². The Balaban J connectivity index is 1.63. The molecule has 3 rings (SSSR count). The number of carbonyl (C=O) groups is 2. The number of nitrogens with two attached hydrogens (primary N) is 1. The van der Waals surface area contributed by atoms with Crippen molar-refractivity contribution in [2.24, 2.45) is 5.73 Å². The fraction of sp³-hybridized carbons (Fsp3) is 0.222. The quantitative estimate of drug-likeness (QED) is 0.936. The number of nitrogens with zero attached hydrogens (tertiary/aromatic N) is 2. The summed E-state index contributed by atoms with van der Waals surface area (Å²) in [5.41, 5.74) is 7.06. The van der Waals surface area contributed by atoms with Crippen molar-refractivity contribution < 1.29 is 14.0 Å². The second-order valence-electron chi connectivity index (χ2n) is 5.70. The second kappa shape index (κ2) is 6.70. The first-order valence-electron chi connectivity index (χ1n) is 7.74. The first-order valence-corrected chi connectivity index (χ1v) is 7.74. The standard InChI is InChI=1S/C18H18FN3O2/c19-15-3-1-2-14(12-15)18(24)22-10-8-21(9-11-22)16-6-4-13(5-7-16)17(20)23/h1-7,12H,8-11H2,(H2,20,23). The van der Waals surface area contributed by atoms with Gasteiger partial charge >= 0.3 is 0 Å². The van der Waals surface area contributed by atoms with Gasteiger partial charge in [-0.05, 0) is 42.5 Å². The van der Waals surface area contributed by atoms with Gasteiger partial charge in [-0.25, -0.2) is 4.39 Å². The lowest BCUT2D eigenvalue weighted by Gasteiger charge is -2.36. The first kappa shape index (κ1) is 16.0. The van der Waals surface area contributed by atoms with Gasteiger partial charge in [0.05, 0.1) is 0 Å². The van der Waals surface area contributed by atoms with Gasteiger partial charge in [0.2, 0.25) is 5.91 Å². The number of piperazine rings is 1. The number of hydrogen-bond donors (Lipinski definition) is 1. The van der Waals surface area contributed by atoms with Crippen molar-refractivity contribution in [3.05, 3.63) is 65.5 Å². The fourth-order valence-electron chi connectivity index (χ4n) is 2.81. The zero-order valence-corrected chi connectivity index (χ0v) is 13.1. The molecule has 124 valence electrons.